The number of carbonyl (C=O) groups excluding carboxylic acids is 1. The number of nitrogens with zero attached hydrogens (tertiary/aromatic N) is 1. The van der Waals surface area contributed by atoms with Crippen LogP contribution in [0.25, 0.3) is 0 Å². The van der Waals surface area contributed by atoms with Crippen LogP contribution in [0.1, 0.15) is 26.7 Å². The number of oxime groups is 1. The summed E-state index contributed by atoms with van der Waals surface area (Å²) in [6.07, 6.45) is 1.62. The Labute approximate surface area is 61.1 Å². The van der Waals surface area contributed by atoms with Crippen molar-refractivity contribution in [2.75, 3.05) is 7.11 Å². The third-order valence-electron chi connectivity index (χ3n) is 1.09. The van der Waals surface area contributed by atoms with Crippen LogP contribution in [0.15, 0.2) is 5.16 Å². The average Bonchev–Trinajstić information content (AvgIpc) is 1.87. The van der Waals surface area contributed by atoms with Crippen LogP contribution in [-0.2, 0) is 9.63 Å². The zero-order valence-electron chi connectivity index (χ0n) is 6.68. The Morgan fingerprint density at radius 2 is 2.20 bits per heavy atom. The number of rotatable bonds is 4. The molecule has 0 aromatic carbocycles. The molecule has 0 rings (SSSR count). The fourth-order valence-corrected chi connectivity index (χ4v) is 0.633. The van der Waals surface area contributed by atoms with Gasteiger partial charge in [0.2, 0.25) is 0 Å². The van der Waals surface area contributed by atoms with Crippen LogP contribution in [0.2, 0.25) is 0 Å². The van der Waals surface area contributed by atoms with Gasteiger partial charge in [0.05, 0.1) is 0 Å². The fraction of sp³-hybridized carbons (Fsp3) is 0.714. The second kappa shape index (κ2) is 4.97. The molecule has 0 aromatic rings. The Balaban J connectivity index is 3.98. The van der Waals surface area contributed by atoms with Gasteiger partial charge < -0.3 is 4.84 Å². The maximum Gasteiger partial charge on any atom is 0.177 e. The molecule has 0 radical (unpaired) electrons. The number of carbonyl (C=O) groups is 1. The van der Waals surface area contributed by atoms with Gasteiger partial charge in [-0.1, -0.05) is 18.5 Å². The van der Waals surface area contributed by atoms with Crippen molar-refractivity contribution in [1.29, 1.82) is 0 Å². The Kier molecular flexibility index (Phi) is 4.54. The van der Waals surface area contributed by atoms with Gasteiger partial charge in [-0.25, -0.2) is 0 Å². The molecular weight excluding hydrogens is 130 g/mol. The molecule has 0 aromatic heterocycles. The summed E-state index contributed by atoms with van der Waals surface area (Å²) in [4.78, 5) is 15.2. The van der Waals surface area contributed by atoms with Crippen molar-refractivity contribution in [3.8, 4) is 0 Å². The summed E-state index contributed by atoms with van der Waals surface area (Å²) in [6.45, 7) is 3.49. The fourth-order valence-electron chi connectivity index (χ4n) is 0.633. The molecule has 3 heteroatoms. The van der Waals surface area contributed by atoms with Gasteiger partial charge in [0.15, 0.2) is 5.78 Å². The average molecular weight is 143 g/mol. The summed E-state index contributed by atoms with van der Waals surface area (Å²) in [7, 11) is 1.44. The molecule has 0 fully saturated rings. The van der Waals surface area contributed by atoms with E-state index in [0.29, 0.717) is 12.1 Å². The molecule has 0 bridgehead atoms. The van der Waals surface area contributed by atoms with Crippen molar-refractivity contribution in [3.63, 3.8) is 0 Å². The van der Waals surface area contributed by atoms with E-state index < -0.39 is 0 Å². The van der Waals surface area contributed by atoms with E-state index in [9.17, 15) is 4.79 Å². The molecular formula is C7H13NO2. The predicted molar refractivity (Wildman–Crippen MR) is 40.0 cm³/mol. The van der Waals surface area contributed by atoms with E-state index in [1.54, 1.807) is 0 Å². The monoisotopic (exact) mass is 143 g/mol. The van der Waals surface area contributed by atoms with Crippen molar-refractivity contribution in [3.05, 3.63) is 0 Å². The minimum atomic E-state index is -0.0105. The number of ketones is 1. The second-order valence-electron chi connectivity index (χ2n) is 2.03. The number of Topliss-reactive ketones (excluding diaryl/α,β-unsaturated/α-hetero) is 1. The molecule has 0 unspecified atom stereocenters. The first kappa shape index (κ1) is 9.14. The van der Waals surface area contributed by atoms with Crippen LogP contribution in [-0.4, -0.2) is 18.6 Å². The highest BCUT2D eigenvalue weighted by Gasteiger charge is 2.03. The highest BCUT2D eigenvalue weighted by molar-refractivity contribution is 6.38. The normalized spacial score (nSPS) is 11.3. The largest absolute Gasteiger partial charge is 0.399 e. The molecule has 0 saturated carbocycles. The van der Waals surface area contributed by atoms with E-state index in [4.69, 9.17) is 0 Å². The molecule has 0 heterocycles. The van der Waals surface area contributed by atoms with E-state index in [1.807, 2.05) is 6.92 Å². The molecule has 0 aliphatic rings. The van der Waals surface area contributed by atoms with Crippen LogP contribution >= 0.6 is 0 Å². The van der Waals surface area contributed by atoms with Gasteiger partial charge in [-0.2, -0.15) is 0 Å². The van der Waals surface area contributed by atoms with E-state index >= 15 is 0 Å². The van der Waals surface area contributed by atoms with Crippen LogP contribution in [0, 0.1) is 0 Å². The second-order valence-corrected chi connectivity index (χ2v) is 2.03. The van der Waals surface area contributed by atoms with Gasteiger partial charge in [-0.05, 0) is 6.42 Å². The van der Waals surface area contributed by atoms with Gasteiger partial charge in [0.1, 0.15) is 12.8 Å². The Morgan fingerprint density at radius 3 is 2.50 bits per heavy atom. The minimum Gasteiger partial charge on any atom is -0.399 e. The molecule has 0 aliphatic heterocycles. The zero-order valence-corrected chi connectivity index (χ0v) is 6.68. The standard InChI is InChI=1S/C7H13NO2/c1-4-5-7(6(2)9)8-10-3/h4-5H2,1-3H3/b8-7+. The maximum atomic E-state index is 10.7. The molecule has 10 heavy (non-hydrogen) atoms. The Morgan fingerprint density at radius 1 is 1.60 bits per heavy atom. The Hall–Kier alpha value is -0.860. The predicted octanol–water partition coefficient (Wildman–Crippen LogP) is 1.38. The van der Waals surface area contributed by atoms with E-state index in [1.165, 1.54) is 14.0 Å². The van der Waals surface area contributed by atoms with Gasteiger partial charge in [0.25, 0.3) is 0 Å². The smallest absolute Gasteiger partial charge is 0.177 e. The summed E-state index contributed by atoms with van der Waals surface area (Å²) in [5.74, 6) is -0.0105. The summed E-state index contributed by atoms with van der Waals surface area (Å²) in [6, 6.07) is 0. The third kappa shape index (κ3) is 3.22. The minimum absolute atomic E-state index is 0.0105. The summed E-state index contributed by atoms with van der Waals surface area (Å²) in [5, 5.41) is 3.58. The first-order valence-corrected chi connectivity index (χ1v) is 3.33. The highest BCUT2D eigenvalue weighted by atomic mass is 16.6. The van der Waals surface area contributed by atoms with Gasteiger partial charge in [0, 0.05) is 6.92 Å². The molecule has 3 nitrogen and oxygen atoms in total. The summed E-state index contributed by atoms with van der Waals surface area (Å²) < 4.78 is 0. The summed E-state index contributed by atoms with van der Waals surface area (Å²) >= 11 is 0. The number of hydrogen-bond acceptors (Lipinski definition) is 3. The molecule has 0 N–H and O–H groups in total. The SMILES string of the molecule is CCC/C(=N\OC)C(C)=O. The van der Waals surface area contributed by atoms with Crippen molar-refractivity contribution in [2.45, 2.75) is 26.7 Å². The van der Waals surface area contributed by atoms with Crippen molar-refractivity contribution < 1.29 is 9.63 Å². The highest BCUT2D eigenvalue weighted by Crippen LogP contribution is 1.93. The van der Waals surface area contributed by atoms with Crippen molar-refractivity contribution in [2.24, 2.45) is 5.16 Å². The van der Waals surface area contributed by atoms with Crippen LogP contribution in [0.5, 0.6) is 0 Å². The lowest BCUT2D eigenvalue weighted by atomic mass is 10.2. The Bertz CT molecular complexity index is 141. The maximum absolute atomic E-state index is 10.7. The lowest BCUT2D eigenvalue weighted by Gasteiger charge is -1.96. The van der Waals surface area contributed by atoms with Gasteiger partial charge >= 0.3 is 0 Å². The lowest BCUT2D eigenvalue weighted by molar-refractivity contribution is -0.111. The van der Waals surface area contributed by atoms with E-state index in [2.05, 4.69) is 9.99 Å². The van der Waals surface area contributed by atoms with Crippen molar-refractivity contribution >= 4 is 11.5 Å². The van der Waals surface area contributed by atoms with E-state index in [-0.39, 0.29) is 5.78 Å². The van der Waals surface area contributed by atoms with Crippen LogP contribution in [0.3, 0.4) is 0 Å². The summed E-state index contributed by atoms with van der Waals surface area (Å²) in [5.41, 5.74) is 0.519. The quantitative estimate of drug-likeness (QED) is 0.440. The molecule has 0 amide bonds. The number of hydrogen-bond donors (Lipinski definition) is 0. The zero-order chi connectivity index (χ0) is 7.98. The molecule has 0 atom stereocenters. The first-order chi connectivity index (χ1) is 4.72. The molecule has 0 aliphatic carbocycles. The molecule has 0 spiro atoms. The topological polar surface area (TPSA) is 38.7 Å². The lowest BCUT2D eigenvalue weighted by Crippen LogP contribution is -2.09. The van der Waals surface area contributed by atoms with Gasteiger partial charge in [-0.15, -0.1) is 0 Å². The van der Waals surface area contributed by atoms with Crippen LogP contribution in [0.4, 0.5) is 0 Å². The van der Waals surface area contributed by atoms with Crippen LogP contribution < -0.4 is 0 Å². The van der Waals surface area contributed by atoms with Crippen molar-refractivity contribution in [1.82, 2.24) is 0 Å². The third-order valence-corrected chi connectivity index (χ3v) is 1.09. The van der Waals surface area contributed by atoms with Gasteiger partial charge in [-0.3, -0.25) is 4.79 Å². The first-order valence-electron chi connectivity index (χ1n) is 3.33. The molecule has 58 valence electrons. The van der Waals surface area contributed by atoms with E-state index in [0.717, 1.165) is 6.42 Å². The molecule has 0 saturated heterocycles.